The van der Waals surface area contributed by atoms with Crippen molar-refractivity contribution in [2.75, 3.05) is 32.7 Å². The summed E-state index contributed by atoms with van der Waals surface area (Å²) in [4.78, 5) is 20.5. The fraction of sp³-hybridized carbons (Fsp3) is 0.629. The summed E-state index contributed by atoms with van der Waals surface area (Å²) >= 11 is 0. The predicted molar refractivity (Wildman–Crippen MR) is 167 cm³/mol. The fourth-order valence-electron chi connectivity index (χ4n) is 6.93. The highest BCUT2D eigenvalue weighted by molar-refractivity contribution is 5.81. The van der Waals surface area contributed by atoms with Crippen LogP contribution >= 0.6 is 0 Å². The van der Waals surface area contributed by atoms with E-state index >= 15 is 0 Å². The largest absolute Gasteiger partial charge is 0.343 e. The third kappa shape index (κ3) is 7.73. The van der Waals surface area contributed by atoms with Crippen LogP contribution in [0.2, 0.25) is 0 Å². The zero-order valence-corrected chi connectivity index (χ0v) is 26.0. The number of rotatable bonds is 13. The lowest BCUT2D eigenvalue weighted by molar-refractivity contribution is -0.133. The first-order chi connectivity index (χ1) is 18.7. The molecule has 1 aliphatic carbocycles. The molecule has 0 spiro atoms. The number of likely N-dealkylation sites (tertiary alicyclic amines) is 1. The Balaban J connectivity index is 1.93. The Hall–Kier alpha value is -2.17. The van der Waals surface area contributed by atoms with Crippen molar-refractivity contribution in [1.29, 1.82) is 0 Å². The van der Waals surface area contributed by atoms with Gasteiger partial charge in [-0.1, -0.05) is 83.2 Å². The molecule has 2 aliphatic rings. The van der Waals surface area contributed by atoms with Gasteiger partial charge < -0.3 is 4.90 Å². The number of hydrogen-bond donors (Lipinski definition) is 0. The molecule has 4 heteroatoms. The standard InChI is InChI=1S/C35H55N3O/c1-9-23-37(32(11-3)35(6,7)8)26-31-18-15-24-38(31)33(30-17-14-16-27(10-2)25-30)28-19-21-29(22-20-28)34(39)36(12-4)13-5/h9,14,16-17,19-21,25,29,31-33H,1,10-13,15,18,22-24,26H2,2-8H3. The summed E-state index contributed by atoms with van der Waals surface area (Å²) in [5, 5.41) is 0. The molecule has 0 bridgehead atoms. The van der Waals surface area contributed by atoms with Gasteiger partial charge in [-0.15, -0.1) is 6.58 Å². The fourth-order valence-corrected chi connectivity index (χ4v) is 6.93. The van der Waals surface area contributed by atoms with E-state index in [0.717, 1.165) is 52.0 Å². The first-order valence-electron chi connectivity index (χ1n) is 15.5. The van der Waals surface area contributed by atoms with Gasteiger partial charge in [0.2, 0.25) is 5.91 Å². The molecule has 1 aliphatic heterocycles. The Labute approximate surface area is 239 Å². The van der Waals surface area contributed by atoms with Gasteiger partial charge in [-0.3, -0.25) is 14.6 Å². The van der Waals surface area contributed by atoms with Crippen LogP contribution in [0.15, 0.2) is 60.7 Å². The van der Waals surface area contributed by atoms with E-state index in [2.05, 4.69) is 113 Å². The molecule has 1 saturated heterocycles. The van der Waals surface area contributed by atoms with E-state index in [1.54, 1.807) is 0 Å². The average Bonchev–Trinajstić information content (AvgIpc) is 3.37. The number of nitrogens with zero attached hydrogens (tertiary/aromatic N) is 3. The third-order valence-electron chi connectivity index (χ3n) is 8.90. The molecule has 1 aromatic rings. The Morgan fingerprint density at radius 2 is 1.92 bits per heavy atom. The van der Waals surface area contributed by atoms with Crippen molar-refractivity contribution in [3.05, 3.63) is 71.8 Å². The van der Waals surface area contributed by atoms with Crippen LogP contribution in [0, 0.1) is 11.3 Å². The predicted octanol–water partition coefficient (Wildman–Crippen LogP) is 7.44. The molecular weight excluding hydrogens is 478 g/mol. The van der Waals surface area contributed by atoms with Crippen LogP contribution in [0.25, 0.3) is 0 Å². The lowest BCUT2D eigenvalue weighted by Gasteiger charge is -2.43. The van der Waals surface area contributed by atoms with Crippen molar-refractivity contribution in [3.63, 3.8) is 0 Å². The number of benzene rings is 1. The highest BCUT2D eigenvalue weighted by Gasteiger charge is 2.37. The summed E-state index contributed by atoms with van der Waals surface area (Å²) in [7, 11) is 0. The van der Waals surface area contributed by atoms with Gasteiger partial charge in [0.15, 0.2) is 0 Å². The van der Waals surface area contributed by atoms with Gasteiger partial charge in [-0.2, -0.15) is 0 Å². The van der Waals surface area contributed by atoms with Gasteiger partial charge >= 0.3 is 0 Å². The van der Waals surface area contributed by atoms with Crippen LogP contribution in [-0.4, -0.2) is 65.4 Å². The molecule has 4 atom stereocenters. The number of carbonyl (C=O) groups is 1. The van der Waals surface area contributed by atoms with Gasteiger partial charge in [-0.05, 0) is 74.6 Å². The molecule has 0 saturated carbocycles. The Bertz CT molecular complexity index is 999. The second-order valence-corrected chi connectivity index (χ2v) is 12.5. The maximum atomic E-state index is 13.1. The maximum absolute atomic E-state index is 13.1. The number of allylic oxidation sites excluding steroid dienone is 1. The smallest absolute Gasteiger partial charge is 0.229 e. The molecule has 39 heavy (non-hydrogen) atoms. The monoisotopic (exact) mass is 533 g/mol. The van der Waals surface area contributed by atoms with Crippen LogP contribution in [0.5, 0.6) is 0 Å². The van der Waals surface area contributed by atoms with E-state index in [-0.39, 0.29) is 23.3 Å². The van der Waals surface area contributed by atoms with Gasteiger partial charge in [0.1, 0.15) is 0 Å². The SMILES string of the molecule is C=CCN(CC1CCCN1C(C1=CCC(C(=O)N(CC)CC)C=C1)c1cccc(CC)c1)C(CC)C(C)(C)C. The van der Waals surface area contributed by atoms with Crippen molar-refractivity contribution in [3.8, 4) is 0 Å². The minimum Gasteiger partial charge on any atom is -0.343 e. The summed E-state index contributed by atoms with van der Waals surface area (Å²) < 4.78 is 0. The lowest BCUT2D eigenvalue weighted by atomic mass is 9.83. The Kier molecular flexibility index (Phi) is 11.6. The normalized spacial score (nSPS) is 21.6. The van der Waals surface area contributed by atoms with Gasteiger partial charge in [0, 0.05) is 38.3 Å². The van der Waals surface area contributed by atoms with Gasteiger partial charge in [-0.25, -0.2) is 0 Å². The molecule has 1 aromatic carbocycles. The first-order valence-corrected chi connectivity index (χ1v) is 15.5. The molecule has 0 radical (unpaired) electrons. The first kappa shape index (κ1) is 31.4. The minimum absolute atomic E-state index is 0.0502. The zero-order chi connectivity index (χ0) is 28.6. The molecule has 1 amide bonds. The second kappa shape index (κ2) is 14.5. The summed E-state index contributed by atoms with van der Waals surface area (Å²) in [6, 6.07) is 10.4. The second-order valence-electron chi connectivity index (χ2n) is 12.5. The third-order valence-corrected chi connectivity index (χ3v) is 8.90. The highest BCUT2D eigenvalue weighted by Crippen LogP contribution is 2.39. The molecule has 0 aromatic heterocycles. The van der Waals surface area contributed by atoms with Crippen LogP contribution in [0.1, 0.15) is 91.3 Å². The number of carbonyl (C=O) groups excluding carboxylic acids is 1. The van der Waals surface area contributed by atoms with Crippen LogP contribution in [-0.2, 0) is 11.2 Å². The van der Waals surface area contributed by atoms with Crippen molar-refractivity contribution in [1.82, 2.24) is 14.7 Å². The average molecular weight is 534 g/mol. The molecule has 4 unspecified atom stereocenters. The van der Waals surface area contributed by atoms with E-state index in [9.17, 15) is 4.79 Å². The molecule has 0 N–H and O–H groups in total. The van der Waals surface area contributed by atoms with E-state index in [0.29, 0.717) is 12.1 Å². The van der Waals surface area contributed by atoms with Crippen molar-refractivity contribution in [2.24, 2.45) is 11.3 Å². The number of aryl methyl sites for hydroxylation is 1. The number of hydrogen-bond acceptors (Lipinski definition) is 3. The highest BCUT2D eigenvalue weighted by atomic mass is 16.2. The van der Waals surface area contributed by atoms with Gasteiger partial charge in [0.05, 0.1) is 12.0 Å². The van der Waals surface area contributed by atoms with Crippen LogP contribution in [0.3, 0.4) is 0 Å². The number of amides is 1. The van der Waals surface area contributed by atoms with Crippen molar-refractivity contribution in [2.45, 2.75) is 98.7 Å². The van der Waals surface area contributed by atoms with Crippen molar-refractivity contribution < 1.29 is 4.79 Å². The van der Waals surface area contributed by atoms with E-state index in [4.69, 9.17) is 0 Å². The van der Waals surface area contributed by atoms with Crippen LogP contribution in [0.4, 0.5) is 0 Å². The summed E-state index contributed by atoms with van der Waals surface area (Å²) in [6.45, 7) is 24.5. The van der Waals surface area contributed by atoms with E-state index < -0.39 is 0 Å². The zero-order valence-electron chi connectivity index (χ0n) is 26.0. The summed E-state index contributed by atoms with van der Waals surface area (Å²) in [6.07, 6.45) is 14.3. The molecular formula is C35H55N3O. The van der Waals surface area contributed by atoms with Gasteiger partial charge in [0.25, 0.3) is 0 Å². The molecule has 3 rings (SSSR count). The molecule has 1 heterocycles. The summed E-state index contributed by atoms with van der Waals surface area (Å²) in [5.74, 6) is 0.203. The Morgan fingerprint density at radius 3 is 2.49 bits per heavy atom. The minimum atomic E-state index is -0.0502. The Morgan fingerprint density at radius 1 is 1.18 bits per heavy atom. The van der Waals surface area contributed by atoms with E-state index in [1.165, 1.54) is 29.5 Å². The quantitative estimate of drug-likeness (QED) is 0.247. The topological polar surface area (TPSA) is 26.8 Å². The van der Waals surface area contributed by atoms with E-state index in [1.807, 2.05) is 4.90 Å². The molecule has 216 valence electrons. The maximum Gasteiger partial charge on any atom is 0.229 e. The molecule has 1 fully saturated rings. The van der Waals surface area contributed by atoms with Crippen molar-refractivity contribution >= 4 is 5.91 Å². The molecule has 4 nitrogen and oxygen atoms in total. The summed E-state index contributed by atoms with van der Waals surface area (Å²) in [5.41, 5.74) is 4.33. The lowest BCUT2D eigenvalue weighted by Crippen LogP contribution is -2.50. The van der Waals surface area contributed by atoms with Crippen LogP contribution < -0.4 is 0 Å².